The Morgan fingerprint density at radius 2 is 1.85 bits per heavy atom. The van der Waals surface area contributed by atoms with E-state index < -0.39 is 11.5 Å². The number of nitrogens with zero attached hydrogens (tertiary/aromatic N) is 2. The van der Waals surface area contributed by atoms with Gasteiger partial charge in [0.25, 0.3) is 5.91 Å². The number of amides is 3. The molecule has 0 aromatic heterocycles. The number of hydroxylamine groups is 1. The molecule has 9 heteroatoms. The Labute approximate surface area is 200 Å². The van der Waals surface area contributed by atoms with Crippen LogP contribution in [-0.4, -0.2) is 64.8 Å². The van der Waals surface area contributed by atoms with Gasteiger partial charge in [0.05, 0.1) is 6.54 Å². The van der Waals surface area contributed by atoms with Crippen molar-refractivity contribution in [3.8, 4) is 5.75 Å². The van der Waals surface area contributed by atoms with Crippen molar-refractivity contribution in [3.05, 3.63) is 29.3 Å². The Bertz CT molecular complexity index is 948. The molecule has 1 aromatic carbocycles. The zero-order valence-corrected chi connectivity index (χ0v) is 20.3. The molecule has 2 fully saturated rings. The molecule has 4 rings (SSSR count). The first-order chi connectivity index (χ1) is 16.1. The van der Waals surface area contributed by atoms with E-state index in [9.17, 15) is 14.4 Å². The fourth-order valence-corrected chi connectivity index (χ4v) is 5.32. The summed E-state index contributed by atoms with van der Waals surface area (Å²) in [5, 5.41) is 8.85. The molecule has 34 heavy (non-hydrogen) atoms. The summed E-state index contributed by atoms with van der Waals surface area (Å²) >= 11 is 0. The van der Waals surface area contributed by atoms with Crippen molar-refractivity contribution >= 4 is 17.9 Å². The van der Waals surface area contributed by atoms with E-state index in [4.69, 9.17) is 14.7 Å². The molecule has 0 radical (unpaired) electrons. The minimum atomic E-state index is -0.600. The Balaban J connectivity index is 1.34. The van der Waals surface area contributed by atoms with Gasteiger partial charge >= 0.3 is 6.09 Å². The highest BCUT2D eigenvalue weighted by Gasteiger charge is 2.45. The molecule has 1 aliphatic carbocycles. The number of hydrogen-bond acceptors (Lipinski definition) is 6. The molecule has 3 amide bonds. The van der Waals surface area contributed by atoms with Crippen LogP contribution >= 0.6 is 0 Å². The number of ether oxygens (including phenoxy) is 2. The van der Waals surface area contributed by atoms with Gasteiger partial charge in [0.1, 0.15) is 18.0 Å². The molecule has 2 aliphatic heterocycles. The number of likely N-dealkylation sites (tertiary alicyclic amines) is 1. The van der Waals surface area contributed by atoms with Crippen molar-refractivity contribution in [2.24, 2.45) is 11.3 Å². The number of hydrogen-bond donors (Lipinski definition) is 2. The van der Waals surface area contributed by atoms with Crippen molar-refractivity contribution in [2.75, 3.05) is 26.2 Å². The zero-order valence-electron chi connectivity index (χ0n) is 20.3. The van der Waals surface area contributed by atoms with Crippen LogP contribution in [0.4, 0.5) is 4.79 Å². The lowest BCUT2D eigenvalue weighted by Gasteiger charge is -2.38. The molecule has 186 valence electrons. The molecule has 1 spiro atoms. The topological polar surface area (TPSA) is 108 Å². The SMILES string of the molecule is CC(C)(C)OC(=O)N1CCC2(CCC(C(=O)N3CCOc4cc(C(=O)NO)ccc4C3)CC2)C1. The van der Waals surface area contributed by atoms with E-state index in [-0.39, 0.29) is 23.3 Å². The van der Waals surface area contributed by atoms with Gasteiger partial charge in [-0.3, -0.25) is 14.8 Å². The van der Waals surface area contributed by atoms with Crippen LogP contribution in [0.2, 0.25) is 0 Å². The molecular formula is C25H35N3O6. The normalized spacial score (nSPS) is 24.8. The van der Waals surface area contributed by atoms with E-state index in [2.05, 4.69) is 0 Å². The first-order valence-corrected chi connectivity index (χ1v) is 12.1. The summed E-state index contributed by atoms with van der Waals surface area (Å²) in [6.45, 7) is 8.33. The minimum Gasteiger partial charge on any atom is -0.491 e. The highest BCUT2D eigenvalue weighted by molar-refractivity contribution is 5.93. The van der Waals surface area contributed by atoms with Crippen LogP contribution in [0.1, 0.15) is 68.8 Å². The average Bonchev–Trinajstić information content (AvgIpc) is 3.08. The predicted molar refractivity (Wildman–Crippen MR) is 123 cm³/mol. The second-order valence-electron chi connectivity index (χ2n) is 10.8. The van der Waals surface area contributed by atoms with Gasteiger partial charge in [-0.15, -0.1) is 0 Å². The summed E-state index contributed by atoms with van der Waals surface area (Å²) in [5.74, 6) is 0.0803. The smallest absolute Gasteiger partial charge is 0.410 e. The predicted octanol–water partition coefficient (Wildman–Crippen LogP) is 3.34. The summed E-state index contributed by atoms with van der Waals surface area (Å²) in [7, 11) is 0. The van der Waals surface area contributed by atoms with Gasteiger partial charge in [-0.25, -0.2) is 10.3 Å². The van der Waals surface area contributed by atoms with Crippen molar-refractivity contribution in [2.45, 2.75) is 65.0 Å². The number of benzene rings is 1. The fraction of sp³-hybridized carbons (Fsp3) is 0.640. The summed E-state index contributed by atoms with van der Waals surface area (Å²) in [5.41, 5.74) is 2.36. The van der Waals surface area contributed by atoms with E-state index in [0.29, 0.717) is 44.1 Å². The fourth-order valence-electron chi connectivity index (χ4n) is 5.32. The lowest BCUT2D eigenvalue weighted by atomic mass is 9.69. The van der Waals surface area contributed by atoms with Crippen LogP contribution in [0, 0.1) is 11.3 Å². The van der Waals surface area contributed by atoms with Crippen LogP contribution in [0.3, 0.4) is 0 Å². The maximum absolute atomic E-state index is 13.4. The van der Waals surface area contributed by atoms with E-state index in [1.165, 1.54) is 0 Å². The molecule has 0 bridgehead atoms. The van der Waals surface area contributed by atoms with E-state index >= 15 is 0 Å². The molecule has 1 saturated carbocycles. The Morgan fingerprint density at radius 3 is 2.53 bits per heavy atom. The van der Waals surface area contributed by atoms with Gasteiger partial charge in [0.2, 0.25) is 5.91 Å². The van der Waals surface area contributed by atoms with Crippen LogP contribution in [0.5, 0.6) is 5.75 Å². The third-order valence-corrected chi connectivity index (χ3v) is 7.21. The molecule has 1 aromatic rings. The van der Waals surface area contributed by atoms with Crippen LogP contribution < -0.4 is 10.2 Å². The molecule has 0 unspecified atom stereocenters. The number of carbonyl (C=O) groups is 3. The standard InChI is InChI=1S/C25H35N3O6/c1-24(2,3)34-23(31)28-11-10-25(16-28)8-6-17(7-9-25)22(30)27-12-13-33-20-14-18(21(29)26-32)4-5-19(20)15-27/h4-5,14,17,32H,6-13,15-16H2,1-3H3,(H,26,29). The van der Waals surface area contributed by atoms with Gasteiger partial charge in [-0.05, 0) is 70.4 Å². The maximum Gasteiger partial charge on any atom is 0.410 e. The monoisotopic (exact) mass is 473 g/mol. The quantitative estimate of drug-likeness (QED) is 0.504. The lowest BCUT2D eigenvalue weighted by molar-refractivity contribution is -0.138. The van der Waals surface area contributed by atoms with Gasteiger partial charge in [-0.1, -0.05) is 6.07 Å². The number of rotatable bonds is 2. The van der Waals surface area contributed by atoms with Gasteiger partial charge < -0.3 is 19.3 Å². The lowest BCUT2D eigenvalue weighted by Crippen LogP contribution is -2.41. The highest BCUT2D eigenvalue weighted by Crippen LogP contribution is 2.46. The summed E-state index contributed by atoms with van der Waals surface area (Å²) in [6.07, 6.45) is 4.22. The minimum absolute atomic E-state index is 0.0257. The van der Waals surface area contributed by atoms with Crippen molar-refractivity contribution in [1.82, 2.24) is 15.3 Å². The average molecular weight is 474 g/mol. The molecule has 9 nitrogen and oxygen atoms in total. The Hall–Kier alpha value is -2.81. The third-order valence-electron chi connectivity index (χ3n) is 7.21. The third kappa shape index (κ3) is 5.29. The molecular weight excluding hydrogens is 438 g/mol. The first-order valence-electron chi connectivity index (χ1n) is 12.1. The zero-order chi connectivity index (χ0) is 24.5. The van der Waals surface area contributed by atoms with Crippen LogP contribution in [-0.2, 0) is 16.1 Å². The van der Waals surface area contributed by atoms with Crippen molar-refractivity contribution in [3.63, 3.8) is 0 Å². The molecule has 2 N–H and O–H groups in total. The van der Waals surface area contributed by atoms with Crippen LogP contribution in [0.25, 0.3) is 0 Å². The first kappa shape index (κ1) is 24.3. The van der Waals surface area contributed by atoms with Gasteiger partial charge in [0, 0.05) is 36.7 Å². The summed E-state index contributed by atoms with van der Waals surface area (Å²) in [4.78, 5) is 41.2. The largest absolute Gasteiger partial charge is 0.491 e. The molecule has 1 saturated heterocycles. The second kappa shape index (κ2) is 9.44. The number of nitrogens with one attached hydrogen (secondary N) is 1. The Morgan fingerprint density at radius 1 is 1.12 bits per heavy atom. The Kier molecular flexibility index (Phi) is 6.75. The summed E-state index contributed by atoms with van der Waals surface area (Å²) < 4.78 is 11.3. The van der Waals surface area contributed by atoms with E-state index in [1.807, 2.05) is 30.6 Å². The molecule has 0 atom stereocenters. The van der Waals surface area contributed by atoms with E-state index in [0.717, 1.165) is 37.7 Å². The van der Waals surface area contributed by atoms with Gasteiger partial charge in [-0.2, -0.15) is 0 Å². The van der Waals surface area contributed by atoms with Gasteiger partial charge in [0.15, 0.2) is 0 Å². The maximum atomic E-state index is 13.4. The van der Waals surface area contributed by atoms with Crippen LogP contribution in [0.15, 0.2) is 18.2 Å². The van der Waals surface area contributed by atoms with E-state index in [1.54, 1.807) is 23.7 Å². The molecule has 3 aliphatic rings. The van der Waals surface area contributed by atoms with Crippen molar-refractivity contribution in [1.29, 1.82) is 0 Å². The number of fused-ring (bicyclic) bond motifs is 1. The second-order valence-corrected chi connectivity index (χ2v) is 10.8. The summed E-state index contributed by atoms with van der Waals surface area (Å²) in [6, 6.07) is 4.98. The molecule has 2 heterocycles. The highest BCUT2D eigenvalue weighted by atomic mass is 16.6. The number of carbonyl (C=O) groups excluding carboxylic acids is 3. The van der Waals surface area contributed by atoms with Crippen molar-refractivity contribution < 1.29 is 29.1 Å².